The average molecular weight is 376 g/mol. The summed E-state index contributed by atoms with van der Waals surface area (Å²) in [5, 5.41) is 9.76. The molecule has 156 valence electrons. The highest BCUT2D eigenvalue weighted by Crippen LogP contribution is 2.41. The lowest BCUT2D eigenvalue weighted by molar-refractivity contribution is -0.0185. The Morgan fingerprint density at radius 3 is 2.07 bits per heavy atom. The van der Waals surface area contributed by atoms with Crippen molar-refractivity contribution in [1.29, 1.82) is 5.26 Å². The molecule has 2 aliphatic rings. The van der Waals surface area contributed by atoms with Crippen molar-refractivity contribution < 1.29 is 4.74 Å². The molecule has 2 nitrogen and oxygen atoms in total. The summed E-state index contributed by atoms with van der Waals surface area (Å²) in [6.07, 6.45) is 22.2. The molecule has 2 aliphatic carbocycles. The van der Waals surface area contributed by atoms with E-state index in [1.807, 2.05) is 0 Å². The number of unbranched alkanes of at least 4 members (excludes halogenated alkanes) is 5. The monoisotopic (exact) mass is 375 g/mol. The molecule has 0 spiro atoms. The van der Waals surface area contributed by atoms with E-state index < -0.39 is 0 Å². The molecule has 27 heavy (non-hydrogen) atoms. The number of nitriles is 1. The molecule has 0 aromatic rings. The van der Waals surface area contributed by atoms with Crippen LogP contribution in [-0.2, 0) is 4.74 Å². The quantitative estimate of drug-likeness (QED) is 0.326. The van der Waals surface area contributed by atoms with Crippen molar-refractivity contribution >= 4 is 0 Å². The molecule has 0 amide bonds. The van der Waals surface area contributed by atoms with E-state index in [2.05, 4.69) is 19.9 Å². The molecule has 0 atom stereocenters. The minimum Gasteiger partial charge on any atom is -0.378 e. The van der Waals surface area contributed by atoms with Gasteiger partial charge in [-0.25, -0.2) is 0 Å². The SMILES string of the molecule is CCCCCCCC1(C#N)CCC(OCC2CCC(CCCC)CC2)CC1. The third-order valence-electron chi connectivity index (χ3n) is 7.39. The zero-order chi connectivity index (χ0) is 19.4. The lowest BCUT2D eigenvalue weighted by atomic mass is 9.71. The molecule has 2 rings (SSSR count). The summed E-state index contributed by atoms with van der Waals surface area (Å²) in [6, 6.07) is 2.70. The Morgan fingerprint density at radius 1 is 0.815 bits per heavy atom. The molecule has 2 fully saturated rings. The summed E-state index contributed by atoms with van der Waals surface area (Å²) in [4.78, 5) is 0. The second kappa shape index (κ2) is 12.8. The molecule has 0 unspecified atom stereocenters. The van der Waals surface area contributed by atoms with Crippen LogP contribution in [0.15, 0.2) is 0 Å². The van der Waals surface area contributed by atoms with Crippen LogP contribution in [0.2, 0.25) is 0 Å². The zero-order valence-electron chi connectivity index (χ0n) is 18.3. The molecule has 2 heteroatoms. The largest absolute Gasteiger partial charge is 0.378 e. The van der Waals surface area contributed by atoms with Crippen LogP contribution in [0.5, 0.6) is 0 Å². The molecule has 2 saturated carbocycles. The van der Waals surface area contributed by atoms with Crippen molar-refractivity contribution in [3.05, 3.63) is 0 Å². The third kappa shape index (κ3) is 8.15. The highest BCUT2D eigenvalue weighted by atomic mass is 16.5. The Hall–Kier alpha value is -0.550. The van der Waals surface area contributed by atoms with Gasteiger partial charge in [0, 0.05) is 6.61 Å². The summed E-state index contributed by atoms with van der Waals surface area (Å²) in [5.41, 5.74) is -0.0383. The molecule has 0 saturated heterocycles. The standard InChI is InChI=1S/C25H45NO/c1-3-5-7-8-9-17-25(21-26)18-15-24(16-19-25)27-20-23-13-11-22(12-14-23)10-6-4-2/h22-24H,3-20H2,1-2H3. The van der Waals surface area contributed by atoms with Crippen LogP contribution >= 0.6 is 0 Å². The average Bonchev–Trinajstić information content (AvgIpc) is 2.72. The van der Waals surface area contributed by atoms with Gasteiger partial charge in [-0.3, -0.25) is 0 Å². The first-order chi connectivity index (χ1) is 13.2. The van der Waals surface area contributed by atoms with Crippen LogP contribution in [0, 0.1) is 28.6 Å². The minimum absolute atomic E-state index is 0.0383. The van der Waals surface area contributed by atoms with Gasteiger partial charge in [-0.2, -0.15) is 5.26 Å². The summed E-state index contributed by atoms with van der Waals surface area (Å²) in [5.74, 6) is 1.79. The summed E-state index contributed by atoms with van der Waals surface area (Å²) in [6.45, 7) is 5.54. The van der Waals surface area contributed by atoms with Crippen molar-refractivity contribution in [3.8, 4) is 6.07 Å². The van der Waals surface area contributed by atoms with Gasteiger partial charge in [0.1, 0.15) is 0 Å². The molecular weight excluding hydrogens is 330 g/mol. The van der Waals surface area contributed by atoms with Crippen molar-refractivity contribution in [1.82, 2.24) is 0 Å². The van der Waals surface area contributed by atoms with E-state index in [0.29, 0.717) is 6.10 Å². The van der Waals surface area contributed by atoms with Gasteiger partial charge in [0.25, 0.3) is 0 Å². The summed E-state index contributed by atoms with van der Waals surface area (Å²) >= 11 is 0. The first-order valence-electron chi connectivity index (χ1n) is 12.2. The summed E-state index contributed by atoms with van der Waals surface area (Å²) < 4.78 is 6.32. The van der Waals surface area contributed by atoms with E-state index in [1.165, 1.54) is 77.0 Å². The van der Waals surface area contributed by atoms with E-state index in [1.54, 1.807) is 0 Å². The predicted molar refractivity (Wildman–Crippen MR) is 115 cm³/mol. The predicted octanol–water partition coefficient (Wildman–Crippen LogP) is 7.81. The van der Waals surface area contributed by atoms with E-state index in [9.17, 15) is 5.26 Å². The molecule has 0 aromatic heterocycles. The Kier molecular flexibility index (Phi) is 10.8. The van der Waals surface area contributed by atoms with Crippen LogP contribution in [0.4, 0.5) is 0 Å². The number of hydrogen-bond donors (Lipinski definition) is 0. The van der Waals surface area contributed by atoms with Crippen molar-refractivity contribution in [2.45, 2.75) is 129 Å². The van der Waals surface area contributed by atoms with Crippen molar-refractivity contribution in [2.75, 3.05) is 6.61 Å². The van der Waals surface area contributed by atoms with Gasteiger partial charge >= 0.3 is 0 Å². The third-order valence-corrected chi connectivity index (χ3v) is 7.39. The Morgan fingerprint density at radius 2 is 1.44 bits per heavy atom. The second-order valence-corrected chi connectivity index (χ2v) is 9.62. The molecular formula is C25H45NO. The van der Waals surface area contributed by atoms with Gasteiger partial charge in [-0.1, -0.05) is 78.1 Å². The fourth-order valence-electron chi connectivity index (χ4n) is 5.25. The number of hydrogen-bond acceptors (Lipinski definition) is 2. The Labute approximate surface area is 169 Å². The van der Waals surface area contributed by atoms with Crippen LogP contribution < -0.4 is 0 Å². The molecule has 0 bridgehead atoms. The van der Waals surface area contributed by atoms with E-state index in [-0.39, 0.29) is 5.41 Å². The zero-order valence-corrected chi connectivity index (χ0v) is 18.3. The first-order valence-corrected chi connectivity index (χ1v) is 12.2. The topological polar surface area (TPSA) is 33.0 Å². The maximum atomic E-state index is 9.76. The molecule has 0 N–H and O–H groups in total. The summed E-state index contributed by atoms with van der Waals surface area (Å²) in [7, 11) is 0. The number of rotatable bonds is 12. The fourth-order valence-corrected chi connectivity index (χ4v) is 5.25. The van der Waals surface area contributed by atoms with E-state index in [4.69, 9.17) is 4.74 Å². The second-order valence-electron chi connectivity index (χ2n) is 9.62. The van der Waals surface area contributed by atoms with E-state index >= 15 is 0 Å². The lowest BCUT2D eigenvalue weighted by Gasteiger charge is -2.36. The van der Waals surface area contributed by atoms with Gasteiger partial charge < -0.3 is 4.74 Å². The lowest BCUT2D eigenvalue weighted by Crippen LogP contribution is -2.31. The molecule has 0 heterocycles. The van der Waals surface area contributed by atoms with Crippen LogP contribution in [0.3, 0.4) is 0 Å². The Bertz CT molecular complexity index is 411. The normalized spacial score (nSPS) is 31.5. The van der Waals surface area contributed by atoms with Crippen LogP contribution in [-0.4, -0.2) is 12.7 Å². The van der Waals surface area contributed by atoms with Crippen molar-refractivity contribution in [3.63, 3.8) is 0 Å². The smallest absolute Gasteiger partial charge is 0.0689 e. The van der Waals surface area contributed by atoms with Crippen LogP contribution in [0.1, 0.15) is 123 Å². The fraction of sp³-hybridized carbons (Fsp3) is 0.960. The first kappa shape index (κ1) is 22.7. The maximum Gasteiger partial charge on any atom is 0.0689 e. The van der Waals surface area contributed by atoms with Gasteiger partial charge in [-0.05, 0) is 56.8 Å². The highest BCUT2D eigenvalue weighted by molar-refractivity contribution is 5.01. The highest BCUT2D eigenvalue weighted by Gasteiger charge is 2.35. The van der Waals surface area contributed by atoms with Crippen molar-refractivity contribution in [2.24, 2.45) is 17.3 Å². The van der Waals surface area contributed by atoms with Gasteiger partial charge in [0.05, 0.1) is 17.6 Å². The maximum absolute atomic E-state index is 9.76. The number of ether oxygens (including phenoxy) is 1. The molecule has 0 radical (unpaired) electrons. The van der Waals surface area contributed by atoms with E-state index in [0.717, 1.165) is 50.5 Å². The molecule has 0 aliphatic heterocycles. The molecule has 0 aromatic carbocycles. The van der Waals surface area contributed by atoms with Crippen LogP contribution in [0.25, 0.3) is 0 Å². The number of nitrogens with zero attached hydrogens (tertiary/aromatic N) is 1. The van der Waals surface area contributed by atoms with Gasteiger partial charge in [0.15, 0.2) is 0 Å². The Balaban J connectivity index is 1.59. The minimum atomic E-state index is -0.0383. The van der Waals surface area contributed by atoms with Gasteiger partial charge in [0.2, 0.25) is 0 Å². The van der Waals surface area contributed by atoms with Gasteiger partial charge in [-0.15, -0.1) is 0 Å².